The lowest BCUT2D eigenvalue weighted by Crippen LogP contribution is -2.49. The van der Waals surface area contributed by atoms with Crippen LogP contribution in [0.25, 0.3) is 0 Å². The number of carboxylic acid groups (broad SMARTS) is 1. The van der Waals surface area contributed by atoms with Gasteiger partial charge in [0.25, 0.3) is 0 Å². The number of aliphatic carboxylic acids is 1. The van der Waals surface area contributed by atoms with Gasteiger partial charge < -0.3 is 16.3 Å². The highest BCUT2D eigenvalue weighted by Gasteiger charge is 2.57. The topological polar surface area (TPSA) is 105 Å². The summed E-state index contributed by atoms with van der Waals surface area (Å²) < 4.78 is 0. The summed E-state index contributed by atoms with van der Waals surface area (Å²) in [6, 6.07) is 6.31. The first-order valence-corrected chi connectivity index (χ1v) is 12.0. The smallest absolute Gasteiger partial charge is 0.303 e. The van der Waals surface area contributed by atoms with Gasteiger partial charge in [0.1, 0.15) is 0 Å². The molecule has 6 heteroatoms. The highest BCUT2D eigenvalue weighted by atomic mass is 16.4. The van der Waals surface area contributed by atoms with Crippen LogP contribution < -0.4 is 11.2 Å². The van der Waals surface area contributed by atoms with Crippen molar-refractivity contribution in [3.63, 3.8) is 0 Å². The second-order valence-electron chi connectivity index (χ2n) is 11.4. The molecule has 3 aliphatic carbocycles. The molecule has 3 aliphatic rings. The highest BCUT2D eigenvalue weighted by molar-refractivity contribution is 5.93. The number of anilines is 1. The Kier molecular flexibility index (Phi) is 5.84. The molecule has 0 spiro atoms. The van der Waals surface area contributed by atoms with Crippen molar-refractivity contribution in [3.05, 3.63) is 29.3 Å². The van der Waals surface area contributed by atoms with Crippen LogP contribution in [0.15, 0.2) is 23.3 Å². The van der Waals surface area contributed by atoms with Gasteiger partial charge in [0.2, 0.25) is 5.91 Å². The monoisotopic (exact) mass is 439 g/mol. The van der Waals surface area contributed by atoms with E-state index < -0.39 is 5.97 Å². The van der Waals surface area contributed by atoms with Gasteiger partial charge in [0.05, 0.1) is 6.42 Å². The van der Waals surface area contributed by atoms with Crippen molar-refractivity contribution in [2.45, 2.75) is 78.6 Å². The molecule has 6 nitrogen and oxygen atoms in total. The van der Waals surface area contributed by atoms with Crippen LogP contribution in [0.2, 0.25) is 0 Å². The molecule has 1 aromatic carbocycles. The number of hydrazone groups is 1. The fourth-order valence-corrected chi connectivity index (χ4v) is 7.04. The summed E-state index contributed by atoms with van der Waals surface area (Å²) in [5.74, 6) is 6.88. The van der Waals surface area contributed by atoms with Crippen molar-refractivity contribution in [3.8, 4) is 0 Å². The van der Waals surface area contributed by atoms with Crippen LogP contribution in [-0.4, -0.2) is 22.7 Å². The number of carbonyl (C=O) groups excluding carboxylic acids is 1. The minimum Gasteiger partial charge on any atom is -0.481 e. The molecule has 4 N–H and O–H groups in total. The van der Waals surface area contributed by atoms with Gasteiger partial charge in [-0.15, -0.1) is 0 Å². The second-order valence-corrected chi connectivity index (χ2v) is 11.4. The van der Waals surface area contributed by atoms with Gasteiger partial charge in [-0.2, -0.15) is 5.10 Å². The predicted octanol–water partition coefficient (Wildman–Crippen LogP) is 4.93. The first-order chi connectivity index (χ1) is 15.0. The third-order valence-electron chi connectivity index (χ3n) is 8.64. The first kappa shape index (κ1) is 22.8. The molecule has 1 amide bonds. The maximum atomic E-state index is 12.2. The van der Waals surface area contributed by atoms with Crippen molar-refractivity contribution in [1.29, 1.82) is 0 Å². The highest BCUT2D eigenvalue weighted by Crippen LogP contribution is 2.63. The lowest BCUT2D eigenvalue weighted by atomic mass is 9.49. The summed E-state index contributed by atoms with van der Waals surface area (Å²) in [7, 11) is 0. The fourth-order valence-electron chi connectivity index (χ4n) is 7.04. The van der Waals surface area contributed by atoms with E-state index in [9.17, 15) is 9.59 Å². The molecule has 4 unspecified atom stereocenters. The van der Waals surface area contributed by atoms with Crippen molar-refractivity contribution < 1.29 is 14.7 Å². The number of fused-ring (bicyclic) bond motifs is 5. The van der Waals surface area contributed by atoms with E-state index in [1.807, 2.05) is 6.07 Å². The van der Waals surface area contributed by atoms with Crippen LogP contribution in [0.4, 0.5) is 5.69 Å². The molecular formula is C26H37N3O3. The third-order valence-corrected chi connectivity index (χ3v) is 8.64. The quantitative estimate of drug-likeness (QED) is 0.457. The molecule has 0 aliphatic heterocycles. The van der Waals surface area contributed by atoms with E-state index in [1.165, 1.54) is 23.3 Å². The Balaban J connectivity index is 1.65. The first-order valence-electron chi connectivity index (χ1n) is 12.0. The molecule has 5 atom stereocenters. The predicted molar refractivity (Wildman–Crippen MR) is 127 cm³/mol. The number of benzene rings is 1. The number of hydrogen-bond acceptors (Lipinski definition) is 4. The number of hydrogen-bond donors (Lipinski definition) is 3. The normalized spacial score (nSPS) is 32.7. The second kappa shape index (κ2) is 8.20. The van der Waals surface area contributed by atoms with E-state index in [0.717, 1.165) is 31.4 Å². The molecule has 0 radical (unpaired) electrons. The van der Waals surface area contributed by atoms with E-state index in [2.05, 4.69) is 50.2 Å². The molecule has 4 rings (SSSR count). The maximum Gasteiger partial charge on any atom is 0.303 e. The number of nitrogens with two attached hydrogens (primary N) is 1. The maximum absolute atomic E-state index is 12.2. The molecule has 1 aromatic rings. The molecule has 0 bridgehead atoms. The number of carbonyl (C=O) groups is 2. The molecule has 0 heterocycles. The Bertz CT molecular complexity index is 948. The van der Waals surface area contributed by atoms with Crippen molar-refractivity contribution in [2.75, 3.05) is 5.32 Å². The van der Waals surface area contributed by atoms with Gasteiger partial charge in [0, 0.05) is 23.2 Å². The summed E-state index contributed by atoms with van der Waals surface area (Å²) in [5.41, 5.74) is 5.02. The number of rotatable bonds is 4. The summed E-state index contributed by atoms with van der Waals surface area (Å²) >= 11 is 0. The largest absolute Gasteiger partial charge is 0.481 e. The van der Waals surface area contributed by atoms with Crippen LogP contribution in [0.3, 0.4) is 0 Å². The molecule has 2 fully saturated rings. The third kappa shape index (κ3) is 3.93. The number of carboxylic acids is 1. The minimum atomic E-state index is -0.955. The standard InChI is InChI=1S/C26H37N3O3/c1-25(2,3)20-14-15-13-16(28-22(30)9-10-23(31)32)5-6-17(15)18-11-12-26(4)19(24(18)20)7-8-21(26)29-27/h5-6,13,18-20,24H,7-12,14,27H2,1-4H3,(H,28,30)(H,31,32)/b29-21+/t18?,19?,20?,24?,26-/m0/s1. The van der Waals surface area contributed by atoms with E-state index >= 15 is 0 Å². The molecular weight excluding hydrogens is 402 g/mol. The summed E-state index contributed by atoms with van der Waals surface area (Å²) in [6.45, 7) is 9.46. The van der Waals surface area contributed by atoms with Crippen LogP contribution in [0, 0.1) is 28.6 Å². The van der Waals surface area contributed by atoms with Gasteiger partial charge >= 0.3 is 5.97 Å². The molecule has 0 saturated heterocycles. The minimum absolute atomic E-state index is 0.00692. The van der Waals surface area contributed by atoms with Crippen molar-refractivity contribution in [1.82, 2.24) is 0 Å². The van der Waals surface area contributed by atoms with Gasteiger partial charge in [-0.1, -0.05) is 33.8 Å². The average molecular weight is 440 g/mol. The van der Waals surface area contributed by atoms with Gasteiger partial charge in [-0.3, -0.25) is 9.59 Å². The Labute approximate surface area is 191 Å². The average Bonchev–Trinajstić information content (AvgIpc) is 3.07. The Morgan fingerprint density at radius 1 is 1.25 bits per heavy atom. The molecule has 0 aromatic heterocycles. The van der Waals surface area contributed by atoms with E-state index in [-0.39, 0.29) is 29.6 Å². The van der Waals surface area contributed by atoms with E-state index in [1.54, 1.807) is 0 Å². The zero-order chi connectivity index (χ0) is 23.3. The number of amides is 1. The summed E-state index contributed by atoms with van der Waals surface area (Å²) in [5, 5.41) is 15.9. The molecule has 2 saturated carbocycles. The van der Waals surface area contributed by atoms with Crippen molar-refractivity contribution >= 4 is 23.3 Å². The van der Waals surface area contributed by atoms with Crippen LogP contribution in [0.1, 0.15) is 83.3 Å². The number of nitrogens with zero attached hydrogens (tertiary/aromatic N) is 1. The zero-order valence-corrected chi connectivity index (χ0v) is 19.8. The van der Waals surface area contributed by atoms with E-state index in [0.29, 0.717) is 23.7 Å². The van der Waals surface area contributed by atoms with Gasteiger partial charge in [-0.05, 0) is 84.5 Å². The van der Waals surface area contributed by atoms with Crippen molar-refractivity contribution in [2.24, 2.45) is 39.5 Å². The SMILES string of the molecule is CC(C)(C)C1Cc2cc(NC(=O)CCC(=O)O)ccc2C2CC[C@]3(C)/C(=N/N)CCC3C21. The number of nitrogens with one attached hydrogen (secondary N) is 1. The zero-order valence-electron chi connectivity index (χ0n) is 19.8. The van der Waals surface area contributed by atoms with Gasteiger partial charge in [-0.25, -0.2) is 0 Å². The van der Waals surface area contributed by atoms with Crippen LogP contribution in [0.5, 0.6) is 0 Å². The molecule has 32 heavy (non-hydrogen) atoms. The molecule has 174 valence electrons. The fraction of sp³-hybridized carbons (Fsp3) is 0.654. The van der Waals surface area contributed by atoms with E-state index in [4.69, 9.17) is 10.9 Å². The van der Waals surface area contributed by atoms with Gasteiger partial charge in [0.15, 0.2) is 0 Å². The Morgan fingerprint density at radius 3 is 2.66 bits per heavy atom. The summed E-state index contributed by atoms with van der Waals surface area (Å²) in [4.78, 5) is 22.9. The lowest BCUT2D eigenvalue weighted by Gasteiger charge is -2.55. The van der Waals surface area contributed by atoms with Crippen LogP contribution in [-0.2, 0) is 16.0 Å². The summed E-state index contributed by atoms with van der Waals surface area (Å²) in [6.07, 6.45) is 5.30. The van der Waals surface area contributed by atoms with Crippen LogP contribution >= 0.6 is 0 Å². The lowest BCUT2D eigenvalue weighted by molar-refractivity contribution is -0.138. The Hall–Kier alpha value is -2.37. The Morgan fingerprint density at radius 2 is 2.00 bits per heavy atom.